The van der Waals surface area contributed by atoms with Crippen LogP contribution in [0.15, 0.2) is 18.2 Å². The van der Waals surface area contributed by atoms with Gasteiger partial charge in [0.05, 0.1) is 18.1 Å². The monoisotopic (exact) mass is 355 g/mol. The van der Waals surface area contributed by atoms with E-state index in [-0.39, 0.29) is 24.7 Å². The molecule has 0 bridgehead atoms. The molecule has 0 spiro atoms. The fourth-order valence-corrected chi connectivity index (χ4v) is 3.27. The van der Waals surface area contributed by atoms with Crippen LogP contribution in [0.5, 0.6) is 5.75 Å². The minimum absolute atomic E-state index is 0.0630. The van der Waals surface area contributed by atoms with Gasteiger partial charge in [-0.3, -0.25) is 9.59 Å². The van der Waals surface area contributed by atoms with E-state index in [9.17, 15) is 23.5 Å². The Morgan fingerprint density at radius 2 is 2.12 bits per heavy atom. The predicted molar refractivity (Wildman–Crippen MR) is 87.2 cm³/mol. The van der Waals surface area contributed by atoms with Crippen molar-refractivity contribution in [3.05, 3.63) is 29.8 Å². The molecule has 1 aliphatic carbocycles. The number of carboxylic acids is 1. The summed E-state index contributed by atoms with van der Waals surface area (Å²) in [5.74, 6) is -3.26. The van der Waals surface area contributed by atoms with Gasteiger partial charge < -0.3 is 15.2 Å². The van der Waals surface area contributed by atoms with E-state index in [0.29, 0.717) is 19.3 Å². The zero-order chi connectivity index (χ0) is 18.4. The van der Waals surface area contributed by atoms with E-state index < -0.39 is 29.1 Å². The van der Waals surface area contributed by atoms with Crippen molar-refractivity contribution in [3.8, 4) is 5.75 Å². The lowest BCUT2D eigenvalue weighted by molar-refractivity contribution is -0.146. The molecule has 0 saturated heterocycles. The Kier molecular flexibility index (Phi) is 6.33. The molecule has 2 rings (SSSR count). The number of aliphatic carboxylic acids is 1. The molecule has 0 radical (unpaired) electrons. The number of carboxylic acid groups (broad SMARTS) is 1. The summed E-state index contributed by atoms with van der Waals surface area (Å²) in [6.07, 6.45) is 3.40. The fourth-order valence-electron chi connectivity index (χ4n) is 3.27. The van der Waals surface area contributed by atoms with Crippen LogP contribution >= 0.6 is 0 Å². The maximum Gasteiger partial charge on any atom is 0.308 e. The first kappa shape index (κ1) is 19.1. The third kappa shape index (κ3) is 5.14. The number of amides is 1. The van der Waals surface area contributed by atoms with Gasteiger partial charge >= 0.3 is 5.97 Å². The number of ether oxygens (including phenoxy) is 1. The molecular formula is C18H23F2NO4. The Balaban J connectivity index is 1.79. The molecule has 0 heterocycles. The predicted octanol–water partition coefficient (Wildman–Crippen LogP) is 3.27. The molecule has 2 unspecified atom stereocenters. The van der Waals surface area contributed by atoms with E-state index in [1.807, 2.05) is 0 Å². The summed E-state index contributed by atoms with van der Waals surface area (Å²) in [6, 6.07) is 3.03. The Morgan fingerprint density at radius 1 is 1.36 bits per heavy atom. The third-order valence-electron chi connectivity index (χ3n) is 4.63. The van der Waals surface area contributed by atoms with Crippen LogP contribution in [0.1, 0.15) is 45.4 Å². The average molecular weight is 355 g/mol. The van der Waals surface area contributed by atoms with Gasteiger partial charge in [0.1, 0.15) is 5.82 Å². The quantitative estimate of drug-likeness (QED) is 0.736. The highest BCUT2D eigenvalue weighted by molar-refractivity contribution is 5.79. The molecule has 2 N–H and O–H groups in total. The first-order chi connectivity index (χ1) is 11.8. The minimum Gasteiger partial charge on any atom is -0.491 e. The molecule has 1 saturated carbocycles. The number of hydrogen-bond acceptors (Lipinski definition) is 3. The van der Waals surface area contributed by atoms with Gasteiger partial charge in [-0.2, -0.15) is 0 Å². The van der Waals surface area contributed by atoms with Crippen LogP contribution in [0.2, 0.25) is 0 Å². The van der Waals surface area contributed by atoms with E-state index in [0.717, 1.165) is 25.0 Å². The first-order valence-corrected chi connectivity index (χ1v) is 8.43. The van der Waals surface area contributed by atoms with Gasteiger partial charge in [-0.15, -0.1) is 0 Å². The maximum atomic E-state index is 13.4. The number of rotatable bonds is 7. The van der Waals surface area contributed by atoms with Crippen molar-refractivity contribution in [2.75, 3.05) is 6.61 Å². The van der Waals surface area contributed by atoms with Crippen LogP contribution in [-0.2, 0) is 9.59 Å². The molecule has 0 aromatic heterocycles. The highest BCUT2D eigenvalue weighted by atomic mass is 19.1. The van der Waals surface area contributed by atoms with E-state index >= 15 is 0 Å². The summed E-state index contributed by atoms with van der Waals surface area (Å²) in [7, 11) is 0. The van der Waals surface area contributed by atoms with Crippen molar-refractivity contribution < 1.29 is 28.2 Å². The second-order valence-electron chi connectivity index (χ2n) is 6.63. The van der Waals surface area contributed by atoms with Crippen molar-refractivity contribution in [3.63, 3.8) is 0 Å². The van der Waals surface area contributed by atoms with Crippen molar-refractivity contribution in [1.29, 1.82) is 0 Å². The van der Waals surface area contributed by atoms with Crippen LogP contribution in [0.3, 0.4) is 0 Å². The van der Waals surface area contributed by atoms with Gasteiger partial charge in [-0.25, -0.2) is 8.78 Å². The highest BCUT2D eigenvalue weighted by Crippen LogP contribution is 2.34. The van der Waals surface area contributed by atoms with Crippen molar-refractivity contribution in [2.45, 2.75) is 51.0 Å². The van der Waals surface area contributed by atoms with Crippen molar-refractivity contribution >= 4 is 11.9 Å². The van der Waals surface area contributed by atoms with Crippen LogP contribution in [0, 0.1) is 17.6 Å². The molecule has 1 aromatic rings. The summed E-state index contributed by atoms with van der Waals surface area (Å²) < 4.78 is 31.4. The molecule has 1 fully saturated rings. The molecule has 25 heavy (non-hydrogen) atoms. The molecule has 7 heteroatoms. The van der Waals surface area contributed by atoms with Gasteiger partial charge in [0, 0.05) is 12.5 Å². The topological polar surface area (TPSA) is 75.6 Å². The van der Waals surface area contributed by atoms with E-state index in [2.05, 4.69) is 5.32 Å². The highest BCUT2D eigenvalue weighted by Gasteiger charge is 2.41. The number of halogens is 2. The SMILES string of the molecule is CC1(NC(=O)CCCOc2ccc(F)cc2F)CCCCC1C(=O)O. The Morgan fingerprint density at radius 3 is 2.80 bits per heavy atom. The fraction of sp³-hybridized carbons (Fsp3) is 0.556. The largest absolute Gasteiger partial charge is 0.491 e. The van der Waals surface area contributed by atoms with Crippen LogP contribution in [0.4, 0.5) is 8.78 Å². The lowest BCUT2D eigenvalue weighted by Crippen LogP contribution is -2.55. The molecule has 138 valence electrons. The number of carbonyl (C=O) groups excluding carboxylic acids is 1. The smallest absolute Gasteiger partial charge is 0.308 e. The van der Waals surface area contributed by atoms with Crippen LogP contribution < -0.4 is 10.1 Å². The second-order valence-corrected chi connectivity index (χ2v) is 6.63. The molecular weight excluding hydrogens is 332 g/mol. The van der Waals surface area contributed by atoms with Crippen molar-refractivity contribution in [1.82, 2.24) is 5.32 Å². The Bertz CT molecular complexity index is 638. The third-order valence-corrected chi connectivity index (χ3v) is 4.63. The average Bonchev–Trinajstić information content (AvgIpc) is 2.52. The number of nitrogens with one attached hydrogen (secondary N) is 1. The number of carbonyl (C=O) groups is 2. The Hall–Kier alpha value is -2.18. The second kappa shape index (κ2) is 8.27. The lowest BCUT2D eigenvalue weighted by Gasteiger charge is -2.39. The first-order valence-electron chi connectivity index (χ1n) is 8.43. The Labute approximate surface area is 145 Å². The summed E-state index contributed by atoms with van der Waals surface area (Å²) in [6.45, 7) is 1.88. The zero-order valence-electron chi connectivity index (χ0n) is 14.2. The van der Waals surface area contributed by atoms with E-state index in [1.54, 1.807) is 6.92 Å². The number of benzene rings is 1. The molecule has 1 amide bonds. The summed E-state index contributed by atoms with van der Waals surface area (Å²) in [5.41, 5.74) is -0.745. The molecule has 0 aliphatic heterocycles. The molecule has 5 nitrogen and oxygen atoms in total. The van der Waals surface area contributed by atoms with E-state index in [4.69, 9.17) is 4.74 Å². The minimum atomic E-state index is -0.891. The van der Waals surface area contributed by atoms with Gasteiger partial charge in [0.2, 0.25) is 5.91 Å². The van der Waals surface area contributed by atoms with Gasteiger partial charge in [-0.1, -0.05) is 12.8 Å². The van der Waals surface area contributed by atoms with Crippen LogP contribution in [-0.4, -0.2) is 29.1 Å². The van der Waals surface area contributed by atoms with Gasteiger partial charge in [0.25, 0.3) is 0 Å². The summed E-state index contributed by atoms with van der Waals surface area (Å²) >= 11 is 0. The normalized spacial score (nSPS) is 23.1. The van der Waals surface area contributed by atoms with Crippen LogP contribution in [0.25, 0.3) is 0 Å². The molecule has 1 aromatic carbocycles. The molecule has 2 atom stereocenters. The lowest BCUT2D eigenvalue weighted by atomic mass is 9.74. The maximum absolute atomic E-state index is 13.4. The molecule has 1 aliphatic rings. The van der Waals surface area contributed by atoms with Gasteiger partial charge in [0.15, 0.2) is 11.6 Å². The summed E-state index contributed by atoms with van der Waals surface area (Å²) in [5, 5.41) is 12.2. The summed E-state index contributed by atoms with van der Waals surface area (Å²) in [4.78, 5) is 23.5. The number of hydrogen-bond donors (Lipinski definition) is 2. The van der Waals surface area contributed by atoms with Crippen molar-refractivity contribution in [2.24, 2.45) is 5.92 Å². The zero-order valence-corrected chi connectivity index (χ0v) is 14.2. The van der Waals surface area contributed by atoms with Gasteiger partial charge in [-0.05, 0) is 38.3 Å². The van der Waals surface area contributed by atoms with E-state index in [1.165, 1.54) is 6.07 Å². The standard InChI is InChI=1S/C18H23F2NO4/c1-18(9-3-2-5-13(18)17(23)24)21-16(22)6-4-10-25-15-8-7-12(19)11-14(15)20/h7-8,11,13H,2-6,9-10H2,1H3,(H,21,22)(H,23,24).